The lowest BCUT2D eigenvalue weighted by Crippen LogP contribution is -2.28. The Labute approximate surface area is 105 Å². The average Bonchev–Trinajstić information content (AvgIpc) is 2.64. The third-order valence-corrected chi connectivity index (χ3v) is 3.76. The van der Waals surface area contributed by atoms with Gasteiger partial charge in [-0.25, -0.2) is 0 Å². The molecule has 0 saturated carbocycles. The van der Waals surface area contributed by atoms with E-state index in [0.29, 0.717) is 6.42 Å². The van der Waals surface area contributed by atoms with Crippen molar-refractivity contribution in [1.82, 2.24) is 0 Å². The standard InChI is InChI=1S/C13H17BrO2/c1-9-12(5-6-16-9)13(15)8-10-3-2-4-11(14)7-10/h2-4,7,9,12-13,15H,5-6,8H2,1H3. The van der Waals surface area contributed by atoms with E-state index in [2.05, 4.69) is 28.1 Å². The van der Waals surface area contributed by atoms with Crippen molar-refractivity contribution in [2.75, 3.05) is 6.61 Å². The summed E-state index contributed by atoms with van der Waals surface area (Å²) in [6.07, 6.45) is 1.56. The fourth-order valence-electron chi connectivity index (χ4n) is 2.31. The molecule has 0 bridgehead atoms. The van der Waals surface area contributed by atoms with Gasteiger partial charge in [-0.3, -0.25) is 0 Å². The van der Waals surface area contributed by atoms with E-state index in [0.717, 1.165) is 17.5 Å². The van der Waals surface area contributed by atoms with E-state index in [4.69, 9.17) is 4.74 Å². The van der Waals surface area contributed by atoms with Crippen LogP contribution >= 0.6 is 15.9 Å². The van der Waals surface area contributed by atoms with Crippen LogP contribution in [0.1, 0.15) is 18.9 Å². The highest BCUT2D eigenvalue weighted by Gasteiger charge is 2.30. The Morgan fingerprint density at radius 1 is 1.56 bits per heavy atom. The molecule has 1 aromatic rings. The Morgan fingerprint density at radius 2 is 2.38 bits per heavy atom. The number of aliphatic hydroxyl groups excluding tert-OH is 1. The molecule has 0 aliphatic carbocycles. The molecule has 0 spiro atoms. The van der Waals surface area contributed by atoms with Gasteiger partial charge in [0.1, 0.15) is 0 Å². The van der Waals surface area contributed by atoms with Crippen molar-refractivity contribution in [2.24, 2.45) is 5.92 Å². The zero-order valence-corrected chi connectivity index (χ0v) is 11.0. The van der Waals surface area contributed by atoms with Crippen LogP contribution in [0.15, 0.2) is 28.7 Å². The first-order chi connectivity index (χ1) is 7.66. The Hall–Kier alpha value is -0.380. The summed E-state index contributed by atoms with van der Waals surface area (Å²) >= 11 is 3.44. The summed E-state index contributed by atoms with van der Waals surface area (Å²) in [5.41, 5.74) is 1.17. The number of halogens is 1. The minimum Gasteiger partial charge on any atom is -0.392 e. The van der Waals surface area contributed by atoms with Gasteiger partial charge in [-0.2, -0.15) is 0 Å². The molecule has 3 atom stereocenters. The van der Waals surface area contributed by atoms with Crippen molar-refractivity contribution in [3.05, 3.63) is 34.3 Å². The van der Waals surface area contributed by atoms with Crippen LogP contribution in [0.5, 0.6) is 0 Å². The second-order valence-electron chi connectivity index (χ2n) is 4.43. The lowest BCUT2D eigenvalue weighted by Gasteiger charge is -2.20. The Balaban J connectivity index is 1.99. The van der Waals surface area contributed by atoms with Crippen molar-refractivity contribution < 1.29 is 9.84 Å². The smallest absolute Gasteiger partial charge is 0.0634 e. The molecule has 16 heavy (non-hydrogen) atoms. The van der Waals surface area contributed by atoms with Crippen molar-refractivity contribution in [1.29, 1.82) is 0 Å². The minimum absolute atomic E-state index is 0.183. The first-order valence-corrected chi connectivity index (χ1v) is 6.50. The molecule has 1 saturated heterocycles. The summed E-state index contributed by atoms with van der Waals surface area (Å²) in [4.78, 5) is 0. The largest absolute Gasteiger partial charge is 0.392 e. The summed E-state index contributed by atoms with van der Waals surface area (Å²) in [5.74, 6) is 0.277. The lowest BCUT2D eigenvalue weighted by atomic mass is 9.91. The van der Waals surface area contributed by atoms with E-state index in [1.54, 1.807) is 0 Å². The molecule has 0 amide bonds. The Kier molecular flexibility index (Phi) is 4.00. The maximum atomic E-state index is 10.2. The van der Waals surface area contributed by atoms with Gasteiger partial charge in [-0.15, -0.1) is 0 Å². The van der Waals surface area contributed by atoms with Gasteiger partial charge < -0.3 is 9.84 Å². The molecule has 1 fully saturated rings. The van der Waals surface area contributed by atoms with Gasteiger partial charge in [-0.05, 0) is 37.5 Å². The molecule has 0 radical (unpaired) electrons. The molecule has 2 nitrogen and oxygen atoms in total. The van der Waals surface area contributed by atoms with Gasteiger partial charge >= 0.3 is 0 Å². The monoisotopic (exact) mass is 284 g/mol. The first kappa shape index (κ1) is 12.1. The van der Waals surface area contributed by atoms with Crippen molar-refractivity contribution in [2.45, 2.75) is 32.0 Å². The van der Waals surface area contributed by atoms with Crippen LogP contribution in [-0.4, -0.2) is 23.9 Å². The Morgan fingerprint density at radius 3 is 3.00 bits per heavy atom. The fraction of sp³-hybridized carbons (Fsp3) is 0.538. The van der Waals surface area contributed by atoms with Crippen LogP contribution in [-0.2, 0) is 11.2 Å². The highest BCUT2D eigenvalue weighted by molar-refractivity contribution is 9.10. The molecular formula is C13H17BrO2. The van der Waals surface area contributed by atoms with Crippen LogP contribution in [0.3, 0.4) is 0 Å². The van der Waals surface area contributed by atoms with E-state index >= 15 is 0 Å². The molecule has 1 aliphatic rings. The van der Waals surface area contributed by atoms with Crippen LogP contribution in [0, 0.1) is 5.92 Å². The molecule has 3 unspecified atom stereocenters. The van der Waals surface area contributed by atoms with E-state index in [-0.39, 0.29) is 18.1 Å². The van der Waals surface area contributed by atoms with Gasteiger partial charge in [0.15, 0.2) is 0 Å². The number of ether oxygens (including phenoxy) is 1. The van der Waals surface area contributed by atoms with E-state index in [9.17, 15) is 5.11 Å². The third kappa shape index (κ3) is 2.84. The fourth-order valence-corrected chi connectivity index (χ4v) is 2.76. The summed E-state index contributed by atoms with van der Waals surface area (Å²) in [7, 11) is 0. The maximum absolute atomic E-state index is 10.2. The molecule has 1 aliphatic heterocycles. The molecule has 2 rings (SSSR count). The summed E-state index contributed by atoms with van der Waals surface area (Å²) in [6.45, 7) is 2.82. The van der Waals surface area contributed by atoms with E-state index in [1.807, 2.05) is 19.1 Å². The molecule has 1 aromatic carbocycles. The molecule has 3 heteroatoms. The summed E-state index contributed by atoms with van der Waals surface area (Å²) in [6, 6.07) is 8.11. The van der Waals surface area contributed by atoms with Crippen molar-refractivity contribution in [3.8, 4) is 0 Å². The van der Waals surface area contributed by atoms with Gasteiger partial charge in [-0.1, -0.05) is 28.1 Å². The zero-order chi connectivity index (χ0) is 11.5. The summed E-state index contributed by atoms with van der Waals surface area (Å²) < 4.78 is 6.54. The highest BCUT2D eigenvalue weighted by atomic mass is 79.9. The predicted octanol–water partition coefficient (Wildman–Crippen LogP) is 2.78. The van der Waals surface area contributed by atoms with E-state index < -0.39 is 0 Å². The molecule has 0 aromatic heterocycles. The number of benzene rings is 1. The molecule has 1 heterocycles. The first-order valence-electron chi connectivity index (χ1n) is 5.71. The van der Waals surface area contributed by atoms with Crippen LogP contribution in [0.2, 0.25) is 0 Å². The van der Waals surface area contributed by atoms with Gasteiger partial charge in [0.2, 0.25) is 0 Å². The van der Waals surface area contributed by atoms with Crippen LogP contribution in [0.25, 0.3) is 0 Å². The number of hydrogen-bond acceptors (Lipinski definition) is 2. The SMILES string of the molecule is CC1OCCC1C(O)Cc1cccc(Br)c1. The van der Waals surface area contributed by atoms with Crippen molar-refractivity contribution in [3.63, 3.8) is 0 Å². The van der Waals surface area contributed by atoms with Crippen LogP contribution in [0.4, 0.5) is 0 Å². The quantitative estimate of drug-likeness (QED) is 0.925. The minimum atomic E-state index is -0.299. The molecule has 88 valence electrons. The zero-order valence-electron chi connectivity index (χ0n) is 9.40. The maximum Gasteiger partial charge on any atom is 0.0634 e. The topological polar surface area (TPSA) is 29.5 Å². The normalized spacial score (nSPS) is 26.9. The van der Waals surface area contributed by atoms with E-state index in [1.165, 1.54) is 5.56 Å². The molecular weight excluding hydrogens is 268 g/mol. The highest BCUT2D eigenvalue weighted by Crippen LogP contribution is 2.26. The average molecular weight is 285 g/mol. The van der Waals surface area contributed by atoms with Crippen LogP contribution < -0.4 is 0 Å². The summed E-state index contributed by atoms with van der Waals surface area (Å²) in [5, 5.41) is 10.2. The van der Waals surface area contributed by atoms with Gasteiger partial charge in [0.05, 0.1) is 12.2 Å². The second kappa shape index (κ2) is 5.30. The van der Waals surface area contributed by atoms with Crippen molar-refractivity contribution >= 4 is 15.9 Å². The lowest BCUT2D eigenvalue weighted by molar-refractivity contribution is 0.0441. The Bertz CT molecular complexity index is 354. The second-order valence-corrected chi connectivity index (χ2v) is 5.35. The number of hydrogen-bond donors (Lipinski definition) is 1. The predicted molar refractivity (Wildman–Crippen MR) is 67.4 cm³/mol. The molecule has 1 N–H and O–H groups in total. The number of aliphatic hydroxyl groups is 1. The van der Waals surface area contributed by atoms with Gasteiger partial charge in [0.25, 0.3) is 0 Å². The third-order valence-electron chi connectivity index (χ3n) is 3.26. The van der Waals surface area contributed by atoms with Gasteiger partial charge in [0, 0.05) is 17.0 Å². The number of rotatable bonds is 3.